The van der Waals surface area contributed by atoms with Crippen LogP contribution in [0, 0.1) is 0 Å². The van der Waals surface area contributed by atoms with Gasteiger partial charge in [0.2, 0.25) is 0 Å². The van der Waals surface area contributed by atoms with E-state index in [1.807, 2.05) is 6.92 Å². The summed E-state index contributed by atoms with van der Waals surface area (Å²) in [6.07, 6.45) is 3.48. The number of rotatable bonds is 6. The molecule has 4 heteroatoms. The number of hydrogen-bond acceptors (Lipinski definition) is 4. The molecule has 0 saturated heterocycles. The molecule has 0 spiro atoms. The lowest BCUT2D eigenvalue weighted by Gasteiger charge is -2.22. The predicted molar refractivity (Wildman–Crippen MR) is 73.9 cm³/mol. The van der Waals surface area contributed by atoms with Crippen molar-refractivity contribution >= 4 is 5.82 Å². The molecule has 0 radical (unpaired) electrons. The van der Waals surface area contributed by atoms with Crippen LogP contribution >= 0.6 is 0 Å². The number of likely N-dealkylation sites (N-methyl/N-ethyl adjacent to an activating group) is 1. The number of pyridine rings is 1. The summed E-state index contributed by atoms with van der Waals surface area (Å²) >= 11 is 0. The summed E-state index contributed by atoms with van der Waals surface area (Å²) in [6, 6.07) is 2.24. The van der Waals surface area contributed by atoms with Crippen LogP contribution in [0.4, 0.5) is 5.82 Å². The molecule has 1 aliphatic carbocycles. The Kier molecular flexibility index (Phi) is 4.55. The Balaban J connectivity index is 2.15. The average molecular weight is 249 g/mol. The van der Waals surface area contributed by atoms with Crippen LogP contribution in [0.2, 0.25) is 0 Å². The topological polar surface area (TPSA) is 51.4 Å². The van der Waals surface area contributed by atoms with Gasteiger partial charge < -0.3 is 15.4 Å². The molecule has 1 aromatic heterocycles. The Morgan fingerprint density at radius 3 is 3.00 bits per heavy atom. The van der Waals surface area contributed by atoms with Gasteiger partial charge in [0, 0.05) is 38.0 Å². The molecule has 0 bridgehead atoms. The number of anilines is 1. The monoisotopic (exact) mass is 249 g/mol. The Morgan fingerprint density at radius 1 is 1.44 bits per heavy atom. The highest BCUT2D eigenvalue weighted by molar-refractivity contribution is 5.50. The number of aromatic nitrogens is 1. The van der Waals surface area contributed by atoms with Crippen molar-refractivity contribution in [2.24, 2.45) is 5.73 Å². The van der Waals surface area contributed by atoms with Crippen molar-refractivity contribution in [3.63, 3.8) is 0 Å². The van der Waals surface area contributed by atoms with Gasteiger partial charge in [-0.2, -0.15) is 0 Å². The second kappa shape index (κ2) is 6.16. The molecule has 18 heavy (non-hydrogen) atoms. The van der Waals surface area contributed by atoms with Gasteiger partial charge in [-0.1, -0.05) is 0 Å². The SMILES string of the molecule is CCOCCN(C)c1nc2c(cc1CN)CCC2. The smallest absolute Gasteiger partial charge is 0.133 e. The average Bonchev–Trinajstić information content (AvgIpc) is 2.84. The Bertz CT molecular complexity index is 406. The first-order valence-corrected chi connectivity index (χ1v) is 6.76. The van der Waals surface area contributed by atoms with Crippen LogP contribution in [0.25, 0.3) is 0 Å². The fraction of sp³-hybridized carbons (Fsp3) is 0.643. The van der Waals surface area contributed by atoms with Crippen molar-refractivity contribution in [2.45, 2.75) is 32.7 Å². The molecule has 0 aromatic carbocycles. The highest BCUT2D eigenvalue weighted by atomic mass is 16.5. The van der Waals surface area contributed by atoms with Crippen LogP contribution in [0.15, 0.2) is 6.07 Å². The van der Waals surface area contributed by atoms with Crippen molar-refractivity contribution < 1.29 is 4.74 Å². The Morgan fingerprint density at radius 2 is 2.28 bits per heavy atom. The minimum absolute atomic E-state index is 0.550. The van der Waals surface area contributed by atoms with Crippen molar-refractivity contribution in [1.82, 2.24) is 4.98 Å². The van der Waals surface area contributed by atoms with E-state index < -0.39 is 0 Å². The van der Waals surface area contributed by atoms with E-state index in [1.165, 1.54) is 17.7 Å². The van der Waals surface area contributed by atoms with Crippen molar-refractivity contribution in [1.29, 1.82) is 0 Å². The maximum Gasteiger partial charge on any atom is 0.133 e. The third kappa shape index (κ3) is 2.82. The van der Waals surface area contributed by atoms with Crippen LogP contribution in [0.3, 0.4) is 0 Å². The lowest BCUT2D eigenvalue weighted by atomic mass is 10.1. The number of hydrogen-bond donors (Lipinski definition) is 1. The van der Waals surface area contributed by atoms with Gasteiger partial charge in [-0.15, -0.1) is 0 Å². The minimum atomic E-state index is 0.550. The van der Waals surface area contributed by atoms with E-state index in [0.29, 0.717) is 6.54 Å². The molecule has 100 valence electrons. The minimum Gasteiger partial charge on any atom is -0.380 e. The van der Waals surface area contributed by atoms with Crippen molar-refractivity contribution in [3.05, 3.63) is 22.9 Å². The summed E-state index contributed by atoms with van der Waals surface area (Å²) < 4.78 is 5.39. The molecule has 4 nitrogen and oxygen atoms in total. The molecule has 0 fully saturated rings. The summed E-state index contributed by atoms with van der Waals surface area (Å²) in [5.74, 6) is 1.03. The van der Waals surface area contributed by atoms with Crippen molar-refractivity contribution in [2.75, 3.05) is 31.7 Å². The fourth-order valence-electron chi connectivity index (χ4n) is 2.44. The summed E-state index contributed by atoms with van der Waals surface area (Å²) in [5, 5.41) is 0. The van der Waals surface area contributed by atoms with Gasteiger partial charge in [0.05, 0.1) is 6.61 Å². The van der Waals surface area contributed by atoms with E-state index in [-0.39, 0.29) is 0 Å². The van der Waals surface area contributed by atoms with Gasteiger partial charge >= 0.3 is 0 Å². The van der Waals surface area contributed by atoms with Crippen LogP contribution in [-0.2, 0) is 24.1 Å². The van der Waals surface area contributed by atoms with Gasteiger partial charge in [0.1, 0.15) is 5.82 Å². The zero-order chi connectivity index (χ0) is 13.0. The third-order valence-corrected chi connectivity index (χ3v) is 3.46. The quantitative estimate of drug-likeness (QED) is 0.776. The number of ether oxygens (including phenoxy) is 1. The predicted octanol–water partition coefficient (Wildman–Crippen LogP) is 1.50. The molecule has 1 aromatic rings. The van der Waals surface area contributed by atoms with Gasteiger partial charge in [-0.05, 0) is 37.8 Å². The van der Waals surface area contributed by atoms with Gasteiger partial charge in [0.25, 0.3) is 0 Å². The molecule has 0 amide bonds. The van der Waals surface area contributed by atoms with Gasteiger partial charge in [0.15, 0.2) is 0 Å². The zero-order valence-corrected chi connectivity index (χ0v) is 11.4. The second-order valence-corrected chi connectivity index (χ2v) is 4.75. The first-order valence-electron chi connectivity index (χ1n) is 6.76. The van der Waals surface area contributed by atoms with Gasteiger partial charge in [-0.25, -0.2) is 4.98 Å². The first kappa shape index (κ1) is 13.3. The lowest BCUT2D eigenvalue weighted by Crippen LogP contribution is -2.25. The Labute approximate surface area is 109 Å². The molecule has 0 saturated carbocycles. The number of fused-ring (bicyclic) bond motifs is 1. The molecule has 0 atom stereocenters. The maximum absolute atomic E-state index is 5.84. The summed E-state index contributed by atoms with van der Waals surface area (Å²) in [7, 11) is 2.06. The van der Waals surface area contributed by atoms with E-state index in [9.17, 15) is 0 Å². The summed E-state index contributed by atoms with van der Waals surface area (Å²) in [5.41, 5.74) is 9.63. The van der Waals surface area contributed by atoms with E-state index in [2.05, 4.69) is 18.0 Å². The maximum atomic E-state index is 5.84. The van der Waals surface area contributed by atoms with Crippen LogP contribution < -0.4 is 10.6 Å². The van der Waals surface area contributed by atoms with Crippen LogP contribution in [0.1, 0.15) is 30.2 Å². The Hall–Kier alpha value is -1.13. The zero-order valence-electron chi connectivity index (χ0n) is 11.4. The largest absolute Gasteiger partial charge is 0.380 e. The number of aryl methyl sites for hydroxylation is 2. The fourth-order valence-corrected chi connectivity index (χ4v) is 2.44. The molecule has 2 rings (SSSR count). The van der Waals surface area contributed by atoms with Crippen LogP contribution in [-0.4, -0.2) is 31.8 Å². The number of nitrogens with two attached hydrogens (primary N) is 1. The molecular formula is C14H23N3O. The van der Waals surface area contributed by atoms with E-state index in [1.54, 1.807) is 0 Å². The molecular weight excluding hydrogens is 226 g/mol. The lowest BCUT2D eigenvalue weighted by molar-refractivity contribution is 0.154. The molecule has 0 unspecified atom stereocenters. The van der Waals surface area contributed by atoms with E-state index in [0.717, 1.165) is 44.0 Å². The van der Waals surface area contributed by atoms with E-state index in [4.69, 9.17) is 15.5 Å². The normalized spacial score (nSPS) is 13.7. The van der Waals surface area contributed by atoms with Crippen LogP contribution in [0.5, 0.6) is 0 Å². The number of nitrogens with zero attached hydrogens (tertiary/aromatic N) is 2. The first-order chi connectivity index (χ1) is 8.76. The molecule has 1 aliphatic rings. The second-order valence-electron chi connectivity index (χ2n) is 4.75. The molecule has 0 aliphatic heterocycles. The standard InChI is InChI=1S/C14H23N3O/c1-3-18-8-7-17(2)14-12(10-15)9-11-5-4-6-13(11)16-14/h9H,3-8,10,15H2,1-2H3. The summed E-state index contributed by atoms with van der Waals surface area (Å²) in [4.78, 5) is 6.94. The molecule has 1 heterocycles. The highest BCUT2D eigenvalue weighted by Gasteiger charge is 2.17. The van der Waals surface area contributed by atoms with E-state index >= 15 is 0 Å². The molecule has 2 N–H and O–H groups in total. The van der Waals surface area contributed by atoms with Crippen molar-refractivity contribution in [3.8, 4) is 0 Å². The summed E-state index contributed by atoms with van der Waals surface area (Å²) in [6.45, 7) is 4.91. The van der Waals surface area contributed by atoms with Gasteiger partial charge in [-0.3, -0.25) is 0 Å². The third-order valence-electron chi connectivity index (χ3n) is 3.46. The highest BCUT2D eigenvalue weighted by Crippen LogP contribution is 2.26.